The molecule has 0 aliphatic carbocycles. The number of amides is 1. The van der Waals surface area contributed by atoms with E-state index in [-0.39, 0.29) is 5.91 Å². The number of halogens is 1. The molecule has 0 atom stereocenters. The second-order valence-electron chi connectivity index (χ2n) is 2.55. The van der Waals surface area contributed by atoms with E-state index in [2.05, 4.69) is 4.99 Å². The van der Waals surface area contributed by atoms with Crippen molar-refractivity contribution in [1.29, 1.82) is 0 Å². The minimum absolute atomic E-state index is 0.240. The zero-order valence-electron chi connectivity index (χ0n) is 8.14. The lowest BCUT2D eigenvalue weighted by Crippen LogP contribution is -1.93. The van der Waals surface area contributed by atoms with Crippen molar-refractivity contribution < 1.29 is 4.79 Å². The Bertz CT molecular complexity index is 351. The molecule has 0 unspecified atom stereocenters. The lowest BCUT2D eigenvalue weighted by atomic mass is 10.2. The molecule has 1 rings (SSSR count). The van der Waals surface area contributed by atoms with Gasteiger partial charge in [0.15, 0.2) is 0 Å². The zero-order chi connectivity index (χ0) is 11.1. The molecule has 1 aromatic carbocycles. The summed E-state index contributed by atoms with van der Waals surface area (Å²) in [5, 5.41) is 0.617. The Labute approximate surface area is 102 Å². The van der Waals surface area contributed by atoms with Crippen LogP contribution in [-0.4, -0.2) is 17.2 Å². The first kappa shape index (κ1) is 12.6. The molecule has 2 nitrogen and oxygen atoms in total. The normalized spacial score (nSPS) is 10.8. The van der Waals surface area contributed by atoms with E-state index in [0.717, 1.165) is 5.75 Å². The summed E-state index contributed by atoms with van der Waals surface area (Å²) in [5.74, 6) is 0.752. The van der Waals surface area contributed by atoms with Crippen LogP contribution in [0.3, 0.4) is 0 Å². The van der Waals surface area contributed by atoms with Crippen LogP contribution in [0.5, 0.6) is 0 Å². The molecule has 0 N–H and O–H groups in total. The van der Waals surface area contributed by atoms with Crippen LogP contribution in [0.25, 0.3) is 0 Å². The van der Waals surface area contributed by atoms with Gasteiger partial charge in [-0.1, -0.05) is 29.3 Å². The number of nitrogens with zero attached hydrogens (tertiary/aromatic N) is 1. The molecule has 80 valence electrons. The first-order chi connectivity index (χ1) is 7.24. The summed E-state index contributed by atoms with van der Waals surface area (Å²) < 4.78 is 0. The van der Waals surface area contributed by atoms with Gasteiger partial charge in [0.2, 0.25) is 0 Å². The molecule has 1 amide bonds. The van der Waals surface area contributed by atoms with Gasteiger partial charge in [-0.25, -0.2) is 4.99 Å². The molecule has 0 aliphatic rings. The topological polar surface area (TPSA) is 29.4 Å². The van der Waals surface area contributed by atoms with E-state index in [1.165, 1.54) is 10.8 Å². The Hall–Kier alpha value is -0.450. The quantitative estimate of drug-likeness (QED) is 0.355. The van der Waals surface area contributed by atoms with E-state index in [4.69, 9.17) is 11.6 Å². The monoisotopic (exact) mass is 259 g/mol. The maximum atomic E-state index is 11.5. The third-order valence-electron chi connectivity index (χ3n) is 1.49. The summed E-state index contributed by atoms with van der Waals surface area (Å²) in [4.78, 5) is 15.3. The molecule has 0 aromatic heterocycles. The molecular weight excluding hydrogens is 250 g/mol. The van der Waals surface area contributed by atoms with Crippen LogP contribution in [0.1, 0.15) is 17.3 Å². The molecule has 0 radical (unpaired) electrons. The zero-order valence-corrected chi connectivity index (χ0v) is 10.5. The van der Waals surface area contributed by atoms with E-state index < -0.39 is 0 Å². The lowest BCUT2D eigenvalue weighted by Gasteiger charge is -1.94. The smallest absolute Gasteiger partial charge is 0.267 e. The largest absolute Gasteiger partial charge is 0.277 e. The van der Waals surface area contributed by atoms with Crippen LogP contribution < -0.4 is 0 Å². The Morgan fingerprint density at radius 3 is 2.73 bits per heavy atom. The van der Waals surface area contributed by atoms with E-state index in [1.54, 1.807) is 40.6 Å². The third kappa shape index (κ3) is 4.73. The summed E-state index contributed by atoms with van der Waals surface area (Å²) in [6.07, 6.45) is 0. The number of hydrogen-bond donors (Lipinski definition) is 0. The molecule has 0 spiro atoms. The van der Waals surface area contributed by atoms with Crippen molar-refractivity contribution in [3.63, 3.8) is 0 Å². The summed E-state index contributed by atoms with van der Waals surface area (Å²) in [5.41, 5.74) is 2.11. The first-order valence-corrected chi connectivity index (χ1v) is 7.10. The SMILES string of the molecule is CCSSC=NC(=O)c1ccc(Cl)cc1. The fourth-order valence-corrected chi connectivity index (χ4v) is 2.02. The van der Waals surface area contributed by atoms with Crippen molar-refractivity contribution in [1.82, 2.24) is 0 Å². The minimum atomic E-state index is -0.240. The third-order valence-corrected chi connectivity index (χ3v) is 3.68. The van der Waals surface area contributed by atoms with Crippen LogP contribution in [-0.2, 0) is 0 Å². The summed E-state index contributed by atoms with van der Waals surface area (Å²) >= 11 is 5.70. The highest BCUT2D eigenvalue weighted by atomic mass is 35.5. The van der Waals surface area contributed by atoms with Gasteiger partial charge < -0.3 is 0 Å². The average Bonchev–Trinajstić information content (AvgIpc) is 2.25. The maximum Gasteiger partial charge on any atom is 0.277 e. The van der Waals surface area contributed by atoms with Crippen molar-refractivity contribution in [2.24, 2.45) is 4.99 Å². The van der Waals surface area contributed by atoms with E-state index in [1.807, 2.05) is 6.92 Å². The highest BCUT2D eigenvalue weighted by molar-refractivity contribution is 8.81. The van der Waals surface area contributed by atoms with Gasteiger partial charge in [0.1, 0.15) is 0 Å². The minimum Gasteiger partial charge on any atom is -0.267 e. The van der Waals surface area contributed by atoms with Crippen LogP contribution in [0.15, 0.2) is 29.3 Å². The van der Waals surface area contributed by atoms with E-state index in [9.17, 15) is 4.79 Å². The highest BCUT2D eigenvalue weighted by Crippen LogP contribution is 2.17. The number of rotatable bonds is 4. The summed E-state index contributed by atoms with van der Waals surface area (Å²) in [6, 6.07) is 6.69. The number of hydrogen-bond acceptors (Lipinski definition) is 3. The van der Waals surface area contributed by atoms with Gasteiger partial charge in [-0.15, -0.1) is 0 Å². The Morgan fingerprint density at radius 1 is 1.47 bits per heavy atom. The summed E-state index contributed by atoms with van der Waals surface area (Å²) in [6.45, 7) is 2.05. The predicted octanol–water partition coefficient (Wildman–Crippen LogP) is 3.91. The fourth-order valence-electron chi connectivity index (χ4n) is 0.835. The molecule has 0 bridgehead atoms. The lowest BCUT2D eigenvalue weighted by molar-refractivity contribution is 0.100. The molecule has 0 aliphatic heterocycles. The second kappa shape index (κ2) is 6.93. The first-order valence-electron chi connectivity index (χ1n) is 4.34. The number of carbonyl (C=O) groups excluding carboxylic acids is 1. The average molecular weight is 260 g/mol. The van der Waals surface area contributed by atoms with Crippen molar-refractivity contribution in [2.75, 3.05) is 5.75 Å². The van der Waals surface area contributed by atoms with Gasteiger partial charge in [0, 0.05) is 16.3 Å². The molecule has 5 heteroatoms. The number of benzene rings is 1. The van der Waals surface area contributed by atoms with Gasteiger partial charge in [-0.2, -0.15) is 0 Å². The maximum absolute atomic E-state index is 11.5. The van der Waals surface area contributed by atoms with E-state index in [0.29, 0.717) is 10.6 Å². The van der Waals surface area contributed by atoms with Crippen LogP contribution in [0.4, 0.5) is 0 Å². The molecule has 0 heterocycles. The number of carbonyl (C=O) groups is 1. The van der Waals surface area contributed by atoms with Gasteiger partial charge in [-0.3, -0.25) is 4.79 Å². The second-order valence-corrected chi connectivity index (χ2v) is 5.49. The van der Waals surface area contributed by atoms with Crippen LogP contribution in [0.2, 0.25) is 5.02 Å². The van der Waals surface area contributed by atoms with Gasteiger partial charge in [0.05, 0.1) is 5.55 Å². The van der Waals surface area contributed by atoms with Gasteiger partial charge in [0.25, 0.3) is 5.91 Å². The molecular formula is C10H10ClNOS2. The highest BCUT2D eigenvalue weighted by Gasteiger charge is 2.01. The van der Waals surface area contributed by atoms with Crippen LogP contribution >= 0.6 is 33.2 Å². The molecule has 1 aromatic rings. The molecule has 0 fully saturated rings. The Kier molecular flexibility index (Phi) is 5.83. The van der Waals surface area contributed by atoms with E-state index >= 15 is 0 Å². The number of aliphatic imine (C=N–C) groups is 1. The summed E-state index contributed by atoms with van der Waals surface area (Å²) in [7, 11) is 3.10. The predicted molar refractivity (Wildman–Crippen MR) is 70.0 cm³/mol. The van der Waals surface area contributed by atoms with Gasteiger partial charge >= 0.3 is 0 Å². The van der Waals surface area contributed by atoms with Crippen molar-refractivity contribution in [2.45, 2.75) is 6.92 Å². The van der Waals surface area contributed by atoms with Crippen molar-refractivity contribution in [3.8, 4) is 0 Å². The molecule has 0 saturated heterocycles. The fraction of sp³-hybridized carbons (Fsp3) is 0.200. The van der Waals surface area contributed by atoms with Crippen LogP contribution in [0, 0.1) is 0 Å². The molecule has 0 saturated carbocycles. The van der Waals surface area contributed by atoms with Crippen molar-refractivity contribution in [3.05, 3.63) is 34.9 Å². The van der Waals surface area contributed by atoms with Gasteiger partial charge in [-0.05, 0) is 35.1 Å². The standard InChI is InChI=1S/C10H10ClNOS2/c1-2-14-15-7-12-10(13)8-3-5-9(11)6-4-8/h3-7H,2H2,1H3. The Balaban J connectivity index is 2.53. The Morgan fingerprint density at radius 2 is 2.13 bits per heavy atom. The molecule has 15 heavy (non-hydrogen) atoms. The van der Waals surface area contributed by atoms with Crippen molar-refractivity contribution >= 4 is 44.6 Å².